The highest BCUT2D eigenvalue weighted by molar-refractivity contribution is 5.44. The number of ether oxygens (including phenoxy) is 2. The average molecular weight is 235 g/mol. The lowest BCUT2D eigenvalue weighted by Crippen LogP contribution is -2.31. The van der Waals surface area contributed by atoms with E-state index in [1.54, 1.807) is 0 Å². The number of fused-ring (bicyclic) bond motifs is 1. The number of aliphatic hydroxyl groups is 1. The minimum absolute atomic E-state index is 0.255. The number of aliphatic hydroxyl groups excluding tert-OH is 1. The summed E-state index contributed by atoms with van der Waals surface area (Å²) < 4.78 is 10.7. The maximum absolute atomic E-state index is 9.28. The Labute approximate surface area is 101 Å². The first-order valence-corrected chi connectivity index (χ1v) is 6.10. The van der Waals surface area contributed by atoms with E-state index in [2.05, 4.69) is 11.0 Å². The zero-order valence-electron chi connectivity index (χ0n) is 9.76. The van der Waals surface area contributed by atoms with Crippen molar-refractivity contribution in [2.75, 3.05) is 19.9 Å². The summed E-state index contributed by atoms with van der Waals surface area (Å²) in [5.41, 5.74) is 1.22. The van der Waals surface area contributed by atoms with Crippen molar-refractivity contribution in [1.29, 1.82) is 0 Å². The molecule has 1 aromatic carbocycles. The number of likely N-dealkylation sites (tertiary alicyclic amines) is 1. The predicted molar refractivity (Wildman–Crippen MR) is 63.1 cm³/mol. The Hall–Kier alpha value is -1.26. The van der Waals surface area contributed by atoms with E-state index in [1.165, 1.54) is 12.0 Å². The second-order valence-corrected chi connectivity index (χ2v) is 4.64. The summed E-state index contributed by atoms with van der Waals surface area (Å²) in [6, 6.07) is 6.39. The molecule has 2 aliphatic heterocycles. The number of nitrogens with zero attached hydrogens (tertiary/aromatic N) is 1. The molecule has 0 bridgehead atoms. The van der Waals surface area contributed by atoms with Crippen LogP contribution in [0.4, 0.5) is 0 Å². The van der Waals surface area contributed by atoms with Gasteiger partial charge in [0.05, 0.1) is 6.61 Å². The summed E-state index contributed by atoms with van der Waals surface area (Å²) >= 11 is 0. The first kappa shape index (κ1) is 10.9. The van der Waals surface area contributed by atoms with Gasteiger partial charge in [-0.15, -0.1) is 0 Å². The molecule has 0 saturated carbocycles. The van der Waals surface area contributed by atoms with Crippen LogP contribution in [0.25, 0.3) is 0 Å². The molecule has 0 aromatic heterocycles. The largest absolute Gasteiger partial charge is 0.454 e. The van der Waals surface area contributed by atoms with Crippen LogP contribution >= 0.6 is 0 Å². The molecule has 0 amide bonds. The Morgan fingerprint density at radius 3 is 3.06 bits per heavy atom. The van der Waals surface area contributed by atoms with Gasteiger partial charge in [0, 0.05) is 12.6 Å². The van der Waals surface area contributed by atoms with E-state index in [1.807, 2.05) is 12.1 Å². The fourth-order valence-electron chi connectivity index (χ4n) is 2.58. The van der Waals surface area contributed by atoms with E-state index in [4.69, 9.17) is 9.47 Å². The molecular weight excluding hydrogens is 218 g/mol. The lowest BCUT2D eigenvalue weighted by molar-refractivity contribution is 0.153. The molecule has 1 saturated heterocycles. The van der Waals surface area contributed by atoms with E-state index < -0.39 is 0 Å². The molecule has 2 aliphatic rings. The van der Waals surface area contributed by atoms with Gasteiger partial charge in [-0.25, -0.2) is 0 Å². The first-order chi connectivity index (χ1) is 8.36. The Morgan fingerprint density at radius 1 is 1.29 bits per heavy atom. The molecular formula is C13H17NO3. The van der Waals surface area contributed by atoms with Crippen molar-refractivity contribution in [3.8, 4) is 11.5 Å². The molecule has 0 aliphatic carbocycles. The van der Waals surface area contributed by atoms with Crippen molar-refractivity contribution in [3.63, 3.8) is 0 Å². The standard InChI is InChI=1S/C13H17NO3/c15-8-11-2-1-5-14(11)7-10-3-4-12-13(6-10)17-9-16-12/h3-4,6,11,15H,1-2,5,7-9H2/t11-/m1/s1. The van der Waals surface area contributed by atoms with Crippen molar-refractivity contribution >= 4 is 0 Å². The highest BCUT2D eigenvalue weighted by Crippen LogP contribution is 2.33. The lowest BCUT2D eigenvalue weighted by Gasteiger charge is -2.22. The lowest BCUT2D eigenvalue weighted by atomic mass is 10.1. The zero-order valence-corrected chi connectivity index (χ0v) is 9.76. The van der Waals surface area contributed by atoms with E-state index in [-0.39, 0.29) is 6.61 Å². The Kier molecular flexibility index (Phi) is 2.91. The monoisotopic (exact) mass is 235 g/mol. The molecule has 1 atom stereocenters. The van der Waals surface area contributed by atoms with Crippen molar-refractivity contribution < 1.29 is 14.6 Å². The maximum Gasteiger partial charge on any atom is 0.231 e. The van der Waals surface area contributed by atoms with Gasteiger partial charge in [0.2, 0.25) is 6.79 Å². The number of hydrogen-bond donors (Lipinski definition) is 1. The fraction of sp³-hybridized carbons (Fsp3) is 0.538. The highest BCUT2D eigenvalue weighted by Gasteiger charge is 2.24. The molecule has 2 heterocycles. The molecule has 4 heteroatoms. The third kappa shape index (κ3) is 2.10. The van der Waals surface area contributed by atoms with Gasteiger partial charge in [0.15, 0.2) is 11.5 Å². The van der Waals surface area contributed by atoms with Crippen LogP contribution < -0.4 is 9.47 Å². The van der Waals surface area contributed by atoms with Crippen molar-refractivity contribution in [2.24, 2.45) is 0 Å². The van der Waals surface area contributed by atoms with E-state index in [0.29, 0.717) is 12.8 Å². The SMILES string of the molecule is OC[C@H]1CCCN1Cc1ccc2c(c1)OCO2. The third-order valence-corrected chi connectivity index (χ3v) is 3.53. The van der Waals surface area contributed by atoms with E-state index in [9.17, 15) is 5.11 Å². The Balaban J connectivity index is 1.72. The quantitative estimate of drug-likeness (QED) is 0.859. The van der Waals surface area contributed by atoms with Crippen molar-refractivity contribution in [3.05, 3.63) is 23.8 Å². The average Bonchev–Trinajstić information content (AvgIpc) is 2.96. The smallest absolute Gasteiger partial charge is 0.231 e. The second kappa shape index (κ2) is 4.55. The van der Waals surface area contributed by atoms with Crippen LogP contribution in [0.1, 0.15) is 18.4 Å². The Morgan fingerprint density at radius 2 is 2.18 bits per heavy atom. The molecule has 1 aromatic rings. The van der Waals surface area contributed by atoms with Crippen LogP contribution in [0.2, 0.25) is 0 Å². The highest BCUT2D eigenvalue weighted by atomic mass is 16.7. The molecule has 1 fully saturated rings. The molecule has 0 unspecified atom stereocenters. The Bertz CT molecular complexity index is 408. The molecule has 3 rings (SSSR count). The van der Waals surface area contributed by atoms with E-state index >= 15 is 0 Å². The number of hydrogen-bond acceptors (Lipinski definition) is 4. The second-order valence-electron chi connectivity index (χ2n) is 4.64. The summed E-state index contributed by atoms with van der Waals surface area (Å²) in [6.07, 6.45) is 2.27. The van der Waals surface area contributed by atoms with Gasteiger partial charge in [-0.05, 0) is 37.1 Å². The van der Waals surface area contributed by atoms with Gasteiger partial charge in [0.1, 0.15) is 0 Å². The maximum atomic E-state index is 9.28. The van der Waals surface area contributed by atoms with Crippen LogP contribution in [-0.2, 0) is 6.54 Å². The van der Waals surface area contributed by atoms with Gasteiger partial charge in [0.25, 0.3) is 0 Å². The topological polar surface area (TPSA) is 41.9 Å². The third-order valence-electron chi connectivity index (χ3n) is 3.53. The predicted octanol–water partition coefficient (Wildman–Crippen LogP) is 1.37. The van der Waals surface area contributed by atoms with Crippen molar-refractivity contribution in [1.82, 2.24) is 4.90 Å². The number of benzene rings is 1. The summed E-state index contributed by atoms with van der Waals surface area (Å²) in [7, 11) is 0. The molecule has 17 heavy (non-hydrogen) atoms. The summed E-state index contributed by atoms with van der Waals surface area (Å²) in [4.78, 5) is 2.33. The van der Waals surface area contributed by atoms with Crippen LogP contribution in [0.15, 0.2) is 18.2 Å². The molecule has 0 radical (unpaired) electrons. The zero-order chi connectivity index (χ0) is 11.7. The first-order valence-electron chi connectivity index (χ1n) is 6.10. The minimum Gasteiger partial charge on any atom is -0.454 e. The molecule has 0 spiro atoms. The summed E-state index contributed by atoms with van der Waals surface area (Å²) in [5, 5.41) is 9.28. The molecule has 1 N–H and O–H groups in total. The van der Waals surface area contributed by atoms with E-state index in [0.717, 1.165) is 31.0 Å². The number of rotatable bonds is 3. The van der Waals surface area contributed by atoms with Gasteiger partial charge in [-0.2, -0.15) is 0 Å². The summed E-state index contributed by atoms with van der Waals surface area (Å²) in [5.74, 6) is 1.66. The molecule has 92 valence electrons. The van der Waals surface area contributed by atoms with Crippen LogP contribution in [0.5, 0.6) is 11.5 Å². The normalized spacial score (nSPS) is 23.2. The van der Waals surface area contributed by atoms with Crippen LogP contribution in [-0.4, -0.2) is 36.0 Å². The summed E-state index contributed by atoms with van der Waals surface area (Å²) in [6.45, 7) is 2.52. The fourth-order valence-corrected chi connectivity index (χ4v) is 2.58. The van der Waals surface area contributed by atoms with Gasteiger partial charge in [-0.3, -0.25) is 4.90 Å². The van der Waals surface area contributed by atoms with Crippen LogP contribution in [0.3, 0.4) is 0 Å². The van der Waals surface area contributed by atoms with Crippen LogP contribution in [0, 0.1) is 0 Å². The van der Waals surface area contributed by atoms with Gasteiger partial charge in [-0.1, -0.05) is 6.07 Å². The van der Waals surface area contributed by atoms with Crippen molar-refractivity contribution in [2.45, 2.75) is 25.4 Å². The minimum atomic E-state index is 0.255. The molecule has 4 nitrogen and oxygen atoms in total. The van der Waals surface area contributed by atoms with Gasteiger partial charge >= 0.3 is 0 Å². The van der Waals surface area contributed by atoms with Gasteiger partial charge < -0.3 is 14.6 Å².